The number of nitrogens with zero attached hydrogens (tertiary/aromatic N) is 3. The molecule has 4 aromatic rings. The predicted octanol–water partition coefficient (Wildman–Crippen LogP) is 4.37. The molecule has 202 valence electrons. The number of anilines is 1. The van der Waals surface area contributed by atoms with Crippen molar-refractivity contribution >= 4 is 22.8 Å². The van der Waals surface area contributed by atoms with E-state index in [1.807, 2.05) is 48.8 Å². The number of hydrogen-bond acceptors (Lipinski definition) is 7. The molecule has 0 spiro atoms. The van der Waals surface area contributed by atoms with Crippen molar-refractivity contribution in [3.8, 4) is 0 Å². The highest BCUT2D eigenvalue weighted by atomic mass is 16.5. The zero-order valence-corrected chi connectivity index (χ0v) is 21.9. The maximum atomic E-state index is 11.6. The summed E-state index contributed by atoms with van der Waals surface area (Å²) in [6.07, 6.45) is 3.58. The second-order valence-corrected chi connectivity index (χ2v) is 9.80. The van der Waals surface area contributed by atoms with Crippen molar-refractivity contribution in [1.29, 1.82) is 0 Å². The minimum absolute atomic E-state index is 0.0125. The highest BCUT2D eigenvalue weighted by Gasteiger charge is 2.32. The molecule has 2 heterocycles. The van der Waals surface area contributed by atoms with Crippen molar-refractivity contribution in [3.05, 3.63) is 102 Å². The third kappa shape index (κ3) is 7.31. The molecule has 0 saturated carbocycles. The molecule has 1 aromatic heterocycles. The first-order chi connectivity index (χ1) is 19.2. The van der Waals surface area contributed by atoms with E-state index in [-0.39, 0.29) is 18.6 Å². The van der Waals surface area contributed by atoms with Gasteiger partial charge in [-0.15, -0.1) is 0 Å². The van der Waals surface area contributed by atoms with Gasteiger partial charge in [0, 0.05) is 44.6 Å². The van der Waals surface area contributed by atoms with E-state index >= 15 is 0 Å². The minimum atomic E-state index is -1.17. The minimum Gasteiger partial charge on any atom is -0.530 e. The molecular weight excluding hydrogens is 492 g/mol. The molecule has 1 fully saturated rings. The van der Waals surface area contributed by atoms with Crippen molar-refractivity contribution < 1.29 is 19.4 Å². The molecule has 8 nitrogen and oxygen atoms in total. The number of aromatic nitrogens is 2. The highest BCUT2D eigenvalue weighted by Crippen LogP contribution is 2.31. The van der Waals surface area contributed by atoms with Gasteiger partial charge in [-0.3, -0.25) is 0 Å². The van der Waals surface area contributed by atoms with Gasteiger partial charge >= 0.3 is 0 Å². The van der Waals surface area contributed by atoms with Crippen LogP contribution in [0.1, 0.15) is 35.4 Å². The number of hydrogen-bond donors (Lipinski definition) is 1. The fourth-order valence-corrected chi connectivity index (χ4v) is 4.92. The van der Waals surface area contributed by atoms with Crippen LogP contribution in [0.25, 0.3) is 10.8 Å². The first-order valence-electron chi connectivity index (χ1n) is 13.4. The SMILES string of the molecule is O=C([O-])N1CCC(c2cnc(NCCCOCc3ccccc3)nc2)C(OCc2ccc3ccccc3c2)C1. The summed E-state index contributed by atoms with van der Waals surface area (Å²) in [7, 11) is 0. The number of rotatable bonds is 11. The van der Waals surface area contributed by atoms with E-state index in [1.54, 1.807) is 0 Å². The fraction of sp³-hybridized carbons (Fsp3) is 0.323. The normalized spacial score (nSPS) is 17.3. The summed E-state index contributed by atoms with van der Waals surface area (Å²) in [6, 6.07) is 24.5. The highest BCUT2D eigenvalue weighted by molar-refractivity contribution is 5.82. The van der Waals surface area contributed by atoms with Crippen molar-refractivity contribution in [2.24, 2.45) is 0 Å². The first kappa shape index (κ1) is 26.6. The van der Waals surface area contributed by atoms with Crippen LogP contribution in [0.5, 0.6) is 0 Å². The van der Waals surface area contributed by atoms with Crippen LogP contribution in [0, 0.1) is 0 Å². The molecular formula is C31H33N4O4-. The molecule has 5 rings (SSSR count). The Bertz CT molecular complexity index is 1350. The summed E-state index contributed by atoms with van der Waals surface area (Å²) in [6.45, 7) is 2.99. The molecule has 1 N–H and O–H groups in total. The van der Waals surface area contributed by atoms with Crippen LogP contribution in [0.2, 0.25) is 0 Å². The number of nitrogens with one attached hydrogen (secondary N) is 1. The third-order valence-electron chi connectivity index (χ3n) is 7.06. The summed E-state index contributed by atoms with van der Waals surface area (Å²) in [5.41, 5.74) is 3.14. The maximum absolute atomic E-state index is 11.6. The standard InChI is InChI=1S/C31H34N4O4/c36-31(37)35-15-13-28(29(20-35)39-22-24-11-12-25-9-4-5-10-26(25)17-24)27-18-33-30(34-19-27)32-14-6-16-38-21-23-7-2-1-3-8-23/h1-5,7-12,17-19,28-29H,6,13-16,20-22H2,(H,36,37)(H,32,33,34)/p-1. The summed E-state index contributed by atoms with van der Waals surface area (Å²) in [5, 5.41) is 17.1. The molecule has 0 bridgehead atoms. The molecule has 1 aliphatic rings. The van der Waals surface area contributed by atoms with Crippen LogP contribution >= 0.6 is 0 Å². The lowest BCUT2D eigenvalue weighted by Crippen LogP contribution is -2.51. The molecule has 3 aromatic carbocycles. The molecule has 1 aliphatic heterocycles. The van der Waals surface area contributed by atoms with Crippen LogP contribution in [0.15, 0.2) is 85.2 Å². The molecule has 1 amide bonds. The summed E-state index contributed by atoms with van der Waals surface area (Å²) < 4.78 is 12.0. The Morgan fingerprint density at radius 1 is 0.949 bits per heavy atom. The van der Waals surface area contributed by atoms with Gasteiger partial charge in [-0.1, -0.05) is 66.7 Å². The van der Waals surface area contributed by atoms with Gasteiger partial charge in [0.05, 0.1) is 19.3 Å². The summed E-state index contributed by atoms with van der Waals surface area (Å²) in [4.78, 5) is 21.9. The second-order valence-electron chi connectivity index (χ2n) is 9.80. The van der Waals surface area contributed by atoms with Crippen molar-refractivity contribution in [3.63, 3.8) is 0 Å². The molecule has 2 atom stereocenters. The third-order valence-corrected chi connectivity index (χ3v) is 7.06. The molecule has 2 unspecified atom stereocenters. The quantitative estimate of drug-likeness (QED) is 0.290. The zero-order chi connectivity index (χ0) is 26.9. The Kier molecular flexibility index (Phi) is 8.98. The first-order valence-corrected chi connectivity index (χ1v) is 13.4. The van der Waals surface area contributed by atoms with E-state index in [9.17, 15) is 9.90 Å². The average molecular weight is 526 g/mol. The number of likely N-dealkylation sites (tertiary alicyclic amines) is 1. The van der Waals surface area contributed by atoms with Crippen LogP contribution in [-0.2, 0) is 22.7 Å². The topological polar surface area (TPSA) is 99.6 Å². The maximum Gasteiger partial charge on any atom is 0.222 e. The zero-order valence-electron chi connectivity index (χ0n) is 21.9. The van der Waals surface area contributed by atoms with Gasteiger partial charge in [-0.25, -0.2) is 9.97 Å². The lowest BCUT2D eigenvalue weighted by atomic mass is 9.88. The van der Waals surface area contributed by atoms with Crippen LogP contribution in [0.4, 0.5) is 10.7 Å². The van der Waals surface area contributed by atoms with Gasteiger partial charge in [-0.2, -0.15) is 0 Å². The van der Waals surface area contributed by atoms with Crippen molar-refractivity contribution in [2.45, 2.75) is 38.1 Å². The number of amides is 1. The summed E-state index contributed by atoms with van der Waals surface area (Å²) in [5.74, 6) is 0.545. The average Bonchev–Trinajstić information content (AvgIpc) is 2.98. The molecule has 0 aliphatic carbocycles. The van der Waals surface area contributed by atoms with Gasteiger partial charge in [0.1, 0.15) is 6.09 Å². The van der Waals surface area contributed by atoms with Gasteiger partial charge in [0.2, 0.25) is 5.95 Å². The fourth-order valence-electron chi connectivity index (χ4n) is 4.92. The van der Waals surface area contributed by atoms with E-state index in [0.717, 1.165) is 28.5 Å². The van der Waals surface area contributed by atoms with Gasteiger partial charge in [0.15, 0.2) is 0 Å². The smallest absolute Gasteiger partial charge is 0.222 e. The molecule has 8 heteroatoms. The van der Waals surface area contributed by atoms with E-state index in [0.29, 0.717) is 45.3 Å². The van der Waals surface area contributed by atoms with E-state index < -0.39 is 6.09 Å². The Hall–Kier alpha value is -4.01. The monoisotopic (exact) mass is 525 g/mol. The number of carbonyl (C=O) groups is 1. The van der Waals surface area contributed by atoms with E-state index in [2.05, 4.69) is 51.7 Å². The predicted molar refractivity (Wildman–Crippen MR) is 148 cm³/mol. The van der Waals surface area contributed by atoms with E-state index in [1.165, 1.54) is 10.3 Å². The number of piperidine rings is 1. The lowest BCUT2D eigenvalue weighted by molar-refractivity contribution is -0.268. The lowest BCUT2D eigenvalue weighted by Gasteiger charge is -2.39. The molecule has 1 saturated heterocycles. The Balaban J connectivity index is 1.14. The Morgan fingerprint density at radius 3 is 2.51 bits per heavy atom. The van der Waals surface area contributed by atoms with Crippen LogP contribution < -0.4 is 10.4 Å². The largest absolute Gasteiger partial charge is 0.530 e. The number of carboxylic acid groups (broad SMARTS) is 1. The Labute approximate surface area is 228 Å². The number of ether oxygens (including phenoxy) is 2. The van der Waals surface area contributed by atoms with Crippen molar-refractivity contribution in [2.75, 3.05) is 31.6 Å². The number of carbonyl (C=O) groups excluding carboxylic acids is 1. The van der Waals surface area contributed by atoms with Gasteiger partial charge < -0.3 is 29.6 Å². The molecule has 0 radical (unpaired) electrons. The van der Waals surface area contributed by atoms with E-state index in [4.69, 9.17) is 9.47 Å². The number of benzene rings is 3. The Morgan fingerprint density at radius 2 is 1.72 bits per heavy atom. The second kappa shape index (κ2) is 13.2. The van der Waals surface area contributed by atoms with Gasteiger partial charge in [-0.05, 0) is 46.4 Å². The van der Waals surface area contributed by atoms with Crippen molar-refractivity contribution in [1.82, 2.24) is 14.9 Å². The van der Waals surface area contributed by atoms with Gasteiger partial charge in [0.25, 0.3) is 0 Å². The van der Waals surface area contributed by atoms with Crippen LogP contribution in [0.3, 0.4) is 0 Å². The summed E-state index contributed by atoms with van der Waals surface area (Å²) >= 11 is 0. The number of fused-ring (bicyclic) bond motifs is 1. The molecule has 39 heavy (non-hydrogen) atoms. The van der Waals surface area contributed by atoms with Crippen LogP contribution in [-0.4, -0.2) is 53.3 Å².